The lowest BCUT2D eigenvalue weighted by Crippen LogP contribution is -2.12. The highest BCUT2D eigenvalue weighted by molar-refractivity contribution is 7.86. The third-order valence-corrected chi connectivity index (χ3v) is 7.94. The van der Waals surface area contributed by atoms with Crippen LogP contribution in [0.1, 0.15) is 0 Å². The van der Waals surface area contributed by atoms with E-state index < -0.39 is 90.1 Å². The molecule has 0 saturated carbocycles. The van der Waals surface area contributed by atoms with E-state index in [0.29, 0.717) is 12.1 Å². The van der Waals surface area contributed by atoms with Crippen LogP contribution in [-0.4, -0.2) is 68.8 Å². The first kappa shape index (κ1) is 31.4. The van der Waals surface area contributed by atoms with Crippen LogP contribution in [0.25, 0.3) is 0 Å². The maximum Gasteiger partial charge on any atom is 0.296 e. The molecule has 0 radical (unpaired) electrons. The van der Waals surface area contributed by atoms with E-state index in [1.807, 2.05) is 0 Å². The van der Waals surface area contributed by atoms with E-state index in [0.717, 1.165) is 6.07 Å². The van der Waals surface area contributed by atoms with Gasteiger partial charge in [0.25, 0.3) is 30.4 Å². The van der Waals surface area contributed by atoms with E-state index >= 15 is 0 Å². The van der Waals surface area contributed by atoms with Crippen molar-refractivity contribution in [3.05, 3.63) is 52.2 Å². The molecule has 4 aromatic rings. The van der Waals surface area contributed by atoms with Crippen LogP contribution < -0.4 is 16.0 Å². The molecule has 24 heteroatoms. The van der Waals surface area contributed by atoms with Crippen molar-refractivity contribution in [3.63, 3.8) is 0 Å². The van der Waals surface area contributed by atoms with Gasteiger partial charge in [-0.1, -0.05) is 12.1 Å². The Labute approximate surface area is 250 Å². The van der Waals surface area contributed by atoms with Gasteiger partial charge in [0, 0.05) is 0 Å². The second kappa shape index (κ2) is 11.6. The Morgan fingerprint density at radius 3 is 1.29 bits per heavy atom. The van der Waals surface area contributed by atoms with Crippen LogP contribution in [0.2, 0.25) is 15.9 Å². The SMILES string of the molecule is O=S(=O)(O)c1cc(Nc2nc(Cl)nc(Nc3ccccc3S(=O)(=O)O)n2)c(S(=O)(=O)O)cc1Nc1nc(Cl)nc(Cl)n1. The zero-order chi connectivity index (χ0) is 31.0. The third-order valence-electron chi connectivity index (χ3n) is 4.73. The summed E-state index contributed by atoms with van der Waals surface area (Å²) in [4.78, 5) is 19.7. The minimum absolute atomic E-state index is 0.186. The highest BCUT2D eigenvalue weighted by atomic mass is 35.5. The lowest BCUT2D eigenvalue weighted by atomic mass is 10.2. The van der Waals surface area contributed by atoms with Gasteiger partial charge in [0.2, 0.25) is 33.7 Å². The van der Waals surface area contributed by atoms with Crippen molar-refractivity contribution in [2.45, 2.75) is 14.7 Å². The molecular weight excluding hydrogens is 689 g/mol. The topological polar surface area (TPSA) is 277 Å². The highest BCUT2D eigenvalue weighted by Gasteiger charge is 2.26. The first-order valence-corrected chi connectivity index (χ1v) is 15.8. The summed E-state index contributed by atoms with van der Waals surface area (Å²) >= 11 is 17.3. The number of nitrogens with one attached hydrogen (secondary N) is 3. The first-order valence-electron chi connectivity index (χ1n) is 10.4. The molecule has 2 aromatic heterocycles. The Bertz CT molecular complexity index is 2030. The van der Waals surface area contributed by atoms with Crippen LogP contribution in [0, 0.1) is 0 Å². The average Bonchev–Trinajstić information content (AvgIpc) is 2.82. The van der Waals surface area contributed by atoms with Gasteiger partial charge in [-0.15, -0.1) is 0 Å². The number of nitrogens with zero attached hydrogens (tertiary/aromatic N) is 6. The van der Waals surface area contributed by atoms with Gasteiger partial charge in [0.15, 0.2) is 0 Å². The second-order valence-corrected chi connectivity index (χ2v) is 12.8. The summed E-state index contributed by atoms with van der Waals surface area (Å²) in [5.41, 5.74) is -1.52. The zero-order valence-corrected chi connectivity index (χ0v) is 24.5. The van der Waals surface area contributed by atoms with Crippen molar-refractivity contribution in [1.29, 1.82) is 0 Å². The van der Waals surface area contributed by atoms with E-state index in [1.165, 1.54) is 18.2 Å². The Morgan fingerprint density at radius 1 is 0.500 bits per heavy atom. The molecule has 4 rings (SSSR count). The van der Waals surface area contributed by atoms with Gasteiger partial charge in [-0.25, -0.2) is 0 Å². The summed E-state index contributed by atoms with van der Waals surface area (Å²) in [7, 11) is -14.9. The molecular formula is C18H12Cl3N9O9S3. The molecule has 0 spiro atoms. The molecule has 0 saturated heterocycles. The quantitative estimate of drug-likeness (QED) is 0.137. The highest BCUT2D eigenvalue weighted by Crippen LogP contribution is 2.35. The number of hydrogen-bond acceptors (Lipinski definition) is 15. The molecule has 0 fully saturated rings. The van der Waals surface area contributed by atoms with E-state index in [9.17, 15) is 38.9 Å². The van der Waals surface area contributed by atoms with Crippen LogP contribution in [0.5, 0.6) is 0 Å². The zero-order valence-electron chi connectivity index (χ0n) is 19.8. The molecule has 0 aliphatic heterocycles. The fraction of sp³-hybridized carbons (Fsp3) is 0. The van der Waals surface area contributed by atoms with Gasteiger partial charge in [-0.2, -0.15) is 55.2 Å². The monoisotopic (exact) mass is 699 g/mol. The number of anilines is 6. The van der Waals surface area contributed by atoms with E-state index in [1.54, 1.807) is 0 Å². The molecule has 2 aromatic carbocycles. The number of rotatable bonds is 9. The maximum absolute atomic E-state index is 12.2. The van der Waals surface area contributed by atoms with Crippen molar-refractivity contribution < 1.29 is 38.9 Å². The Balaban J connectivity index is 1.81. The summed E-state index contributed by atoms with van der Waals surface area (Å²) in [6, 6.07) is 6.25. The van der Waals surface area contributed by atoms with E-state index in [-0.39, 0.29) is 5.69 Å². The van der Waals surface area contributed by atoms with Crippen LogP contribution >= 0.6 is 34.8 Å². The normalized spacial score (nSPS) is 12.1. The van der Waals surface area contributed by atoms with Crippen LogP contribution in [0.3, 0.4) is 0 Å². The van der Waals surface area contributed by atoms with Gasteiger partial charge in [-0.05, 0) is 59.1 Å². The number of hydrogen-bond donors (Lipinski definition) is 6. The molecule has 0 atom stereocenters. The number of para-hydroxylation sites is 1. The Kier molecular flexibility index (Phi) is 8.69. The molecule has 0 aliphatic carbocycles. The molecule has 6 N–H and O–H groups in total. The lowest BCUT2D eigenvalue weighted by molar-refractivity contribution is 0.479. The predicted octanol–water partition coefficient (Wildman–Crippen LogP) is 2.99. The largest absolute Gasteiger partial charge is 0.323 e. The fourth-order valence-electron chi connectivity index (χ4n) is 3.18. The molecule has 0 amide bonds. The Morgan fingerprint density at radius 2 is 0.857 bits per heavy atom. The minimum atomic E-state index is -5.14. The molecule has 18 nitrogen and oxygen atoms in total. The van der Waals surface area contributed by atoms with Crippen molar-refractivity contribution in [1.82, 2.24) is 29.9 Å². The standard InChI is InChI=1S/C18H12Cl3N9O9S3/c19-13-25-14(20)27-16(26-13)23-8-5-12(42(37,38)39)9(6-11(8)41(34,35)36)24-18-29-15(21)28-17(30-18)22-7-3-1-2-4-10(7)40(31,32)33/h1-6H,(H,31,32,33)(H,34,35,36)(H,37,38,39)(H,23,25,26,27)(H2,22,24,28,29,30). The smallest absolute Gasteiger partial charge is 0.296 e. The van der Waals surface area contributed by atoms with Crippen LogP contribution in [0.4, 0.5) is 34.9 Å². The molecule has 2 heterocycles. The van der Waals surface area contributed by atoms with Gasteiger partial charge in [-0.3, -0.25) is 13.7 Å². The molecule has 222 valence electrons. The van der Waals surface area contributed by atoms with Crippen LogP contribution in [-0.2, 0) is 30.4 Å². The van der Waals surface area contributed by atoms with E-state index in [2.05, 4.69) is 45.9 Å². The summed E-state index contributed by atoms with van der Waals surface area (Å²) < 4.78 is 101. The van der Waals surface area contributed by atoms with Gasteiger partial charge in [0.1, 0.15) is 14.7 Å². The summed E-state index contributed by atoms with van der Waals surface area (Å²) in [6.45, 7) is 0. The molecule has 0 unspecified atom stereocenters. The summed E-state index contributed by atoms with van der Waals surface area (Å²) in [5.74, 6) is -1.43. The number of aromatic nitrogens is 6. The molecule has 0 bridgehead atoms. The number of benzene rings is 2. The van der Waals surface area contributed by atoms with Crippen molar-refractivity contribution in [3.8, 4) is 0 Å². The minimum Gasteiger partial charge on any atom is -0.323 e. The van der Waals surface area contributed by atoms with Crippen molar-refractivity contribution in [2.24, 2.45) is 0 Å². The van der Waals surface area contributed by atoms with E-state index in [4.69, 9.17) is 34.8 Å². The van der Waals surface area contributed by atoms with Crippen molar-refractivity contribution >= 4 is 100 Å². The summed E-state index contributed by atoms with van der Waals surface area (Å²) in [6.07, 6.45) is 0. The maximum atomic E-state index is 12.2. The molecule has 0 aliphatic rings. The van der Waals surface area contributed by atoms with Crippen LogP contribution in [0.15, 0.2) is 51.1 Å². The first-order chi connectivity index (χ1) is 19.4. The van der Waals surface area contributed by atoms with Gasteiger partial charge < -0.3 is 16.0 Å². The van der Waals surface area contributed by atoms with Gasteiger partial charge in [0.05, 0.1) is 17.1 Å². The second-order valence-electron chi connectivity index (χ2n) is 7.59. The average molecular weight is 701 g/mol. The summed E-state index contributed by atoms with van der Waals surface area (Å²) in [5, 5.41) is 5.77. The number of halogens is 3. The molecule has 42 heavy (non-hydrogen) atoms. The predicted molar refractivity (Wildman–Crippen MR) is 147 cm³/mol. The Hall–Kier alpha value is -3.54. The third kappa shape index (κ3) is 7.64. The van der Waals surface area contributed by atoms with Gasteiger partial charge >= 0.3 is 0 Å². The lowest BCUT2D eigenvalue weighted by Gasteiger charge is -2.16. The fourth-order valence-corrected chi connectivity index (χ4v) is 5.66. The van der Waals surface area contributed by atoms with Crippen molar-refractivity contribution in [2.75, 3.05) is 16.0 Å².